The molecule has 0 unspecified atom stereocenters. The van der Waals surface area contributed by atoms with E-state index in [1.807, 2.05) is 52.8 Å². The van der Waals surface area contributed by atoms with Gasteiger partial charge in [0.1, 0.15) is 5.60 Å². The monoisotopic (exact) mass is 547 g/mol. The molecule has 0 atom stereocenters. The van der Waals surface area contributed by atoms with Gasteiger partial charge in [0.2, 0.25) is 0 Å². The number of aryl methyl sites for hydroxylation is 2. The molecule has 0 bridgehead atoms. The molecule has 2 rings (SSSR count). The molecule has 0 aliphatic carbocycles. The molecule has 4 nitrogen and oxygen atoms in total. The second kappa shape index (κ2) is 15.5. The summed E-state index contributed by atoms with van der Waals surface area (Å²) in [6, 6.07) is 14.9. The summed E-state index contributed by atoms with van der Waals surface area (Å²) in [4.78, 5) is 16.9. The number of thioether (sulfide) groups is 1. The molecule has 2 aromatic rings. The number of ether oxygens (including phenoxy) is 2. The zero-order chi connectivity index (χ0) is 29.0. The van der Waals surface area contributed by atoms with E-state index in [0.717, 1.165) is 33.7 Å². The fourth-order valence-electron chi connectivity index (χ4n) is 3.78. The molecule has 0 aliphatic rings. The Morgan fingerprint density at radius 3 is 2.23 bits per heavy atom. The first kappa shape index (κ1) is 32.2. The van der Waals surface area contributed by atoms with Gasteiger partial charge in [0.25, 0.3) is 0 Å². The summed E-state index contributed by atoms with van der Waals surface area (Å²) in [5.41, 5.74) is 5.92. The number of carbonyl (C=O) groups excluding carboxylic acids is 1. The minimum absolute atomic E-state index is 0.383. The second-order valence-electron chi connectivity index (χ2n) is 10.4. The van der Waals surface area contributed by atoms with Gasteiger partial charge in [-0.2, -0.15) is 0 Å². The van der Waals surface area contributed by atoms with Crippen LogP contribution in [0.1, 0.15) is 70.2 Å². The molecule has 1 amide bonds. The van der Waals surface area contributed by atoms with Gasteiger partial charge in [-0.15, -0.1) is 0 Å². The molecule has 0 heterocycles. The van der Waals surface area contributed by atoms with E-state index in [0.29, 0.717) is 19.8 Å². The quantitative estimate of drug-likeness (QED) is 0.151. The van der Waals surface area contributed by atoms with Crippen LogP contribution >= 0.6 is 11.8 Å². The topological polar surface area (TPSA) is 38.8 Å². The minimum atomic E-state index is -0.585. The molecular formula is C34H45NO3S. The maximum atomic E-state index is 13.0. The lowest BCUT2D eigenvalue weighted by Gasteiger charge is -2.28. The standard InChI is InChI=1S/C34H45NO3S/c1-10-22-37-23-21-35(33(36)38-34(7,8)9)31(12-3)20-19-28(11-2)30-17-15-29(16-18-30)27(6)39-32-24-25(4)13-14-26(32)5/h11-20,24H,6,10,21-23H2,1-5,7-9H3/b20-19-,28-11+,31-12+. The van der Waals surface area contributed by atoms with E-state index in [1.54, 1.807) is 16.7 Å². The largest absolute Gasteiger partial charge is 0.443 e. The molecule has 0 spiro atoms. The van der Waals surface area contributed by atoms with E-state index in [4.69, 9.17) is 9.47 Å². The Hall–Kier alpha value is -3.02. The smallest absolute Gasteiger partial charge is 0.414 e. The van der Waals surface area contributed by atoms with Crippen LogP contribution in [-0.2, 0) is 9.47 Å². The Balaban J connectivity index is 2.19. The van der Waals surface area contributed by atoms with Crippen LogP contribution in [0, 0.1) is 13.8 Å². The van der Waals surface area contributed by atoms with Crippen LogP contribution in [-0.4, -0.2) is 36.4 Å². The van der Waals surface area contributed by atoms with Crippen molar-refractivity contribution in [3.63, 3.8) is 0 Å². The fourth-order valence-corrected chi connectivity index (χ4v) is 4.77. The van der Waals surface area contributed by atoms with Crippen molar-refractivity contribution in [3.8, 4) is 0 Å². The summed E-state index contributed by atoms with van der Waals surface area (Å²) >= 11 is 1.70. The Morgan fingerprint density at radius 2 is 1.64 bits per heavy atom. The molecule has 0 saturated carbocycles. The average Bonchev–Trinajstić information content (AvgIpc) is 2.88. The van der Waals surface area contributed by atoms with Crippen molar-refractivity contribution in [3.05, 3.63) is 101 Å². The molecule has 210 valence electrons. The van der Waals surface area contributed by atoms with Crippen molar-refractivity contribution in [2.75, 3.05) is 19.8 Å². The molecule has 0 saturated heterocycles. The number of amides is 1. The van der Waals surface area contributed by atoms with Crippen LogP contribution in [0.5, 0.6) is 0 Å². The van der Waals surface area contributed by atoms with Crippen LogP contribution in [0.25, 0.3) is 10.5 Å². The lowest BCUT2D eigenvalue weighted by atomic mass is 10.0. The van der Waals surface area contributed by atoms with Crippen molar-refractivity contribution >= 4 is 28.3 Å². The highest BCUT2D eigenvalue weighted by Crippen LogP contribution is 2.35. The highest BCUT2D eigenvalue weighted by Gasteiger charge is 2.23. The van der Waals surface area contributed by atoms with E-state index < -0.39 is 5.60 Å². The zero-order valence-electron chi connectivity index (χ0n) is 25.0. The number of rotatable bonds is 12. The molecule has 0 aromatic heterocycles. The SMILES string of the molecule is C=C(Sc1cc(C)ccc1C)c1ccc(C(/C=C\C(=C/C)N(CCOCCC)C(=O)OC(C)(C)C)=C/C)cc1. The van der Waals surface area contributed by atoms with Crippen molar-refractivity contribution in [1.29, 1.82) is 0 Å². The predicted molar refractivity (Wildman–Crippen MR) is 168 cm³/mol. The normalized spacial score (nSPS) is 12.6. The predicted octanol–water partition coefficient (Wildman–Crippen LogP) is 9.59. The summed E-state index contributed by atoms with van der Waals surface area (Å²) in [5.74, 6) is 0. The van der Waals surface area contributed by atoms with E-state index in [9.17, 15) is 4.79 Å². The van der Waals surface area contributed by atoms with Crippen LogP contribution in [0.15, 0.2) is 83.9 Å². The van der Waals surface area contributed by atoms with Crippen molar-refractivity contribution < 1.29 is 14.3 Å². The van der Waals surface area contributed by atoms with E-state index in [2.05, 4.69) is 75.9 Å². The van der Waals surface area contributed by atoms with Gasteiger partial charge in [0.15, 0.2) is 0 Å². The van der Waals surface area contributed by atoms with Crippen molar-refractivity contribution in [1.82, 2.24) is 4.90 Å². The third kappa shape index (κ3) is 10.6. The van der Waals surface area contributed by atoms with Crippen molar-refractivity contribution in [2.45, 2.75) is 72.3 Å². The van der Waals surface area contributed by atoms with Crippen LogP contribution in [0.3, 0.4) is 0 Å². The Bertz CT molecular complexity index is 1200. The molecular weight excluding hydrogens is 502 g/mol. The molecule has 2 aromatic carbocycles. The van der Waals surface area contributed by atoms with Gasteiger partial charge in [-0.1, -0.05) is 79.9 Å². The molecule has 0 aliphatic heterocycles. The van der Waals surface area contributed by atoms with Gasteiger partial charge in [0.05, 0.1) is 13.2 Å². The summed E-state index contributed by atoms with van der Waals surface area (Å²) in [6.07, 6.45) is 8.54. The van der Waals surface area contributed by atoms with E-state index in [-0.39, 0.29) is 6.09 Å². The van der Waals surface area contributed by atoms with Gasteiger partial charge in [-0.05, 0) is 94.9 Å². The third-order valence-electron chi connectivity index (χ3n) is 5.89. The average molecular weight is 548 g/mol. The van der Waals surface area contributed by atoms with Crippen LogP contribution in [0.2, 0.25) is 0 Å². The lowest BCUT2D eigenvalue weighted by Crippen LogP contribution is -2.37. The van der Waals surface area contributed by atoms with Crippen LogP contribution in [0.4, 0.5) is 4.79 Å². The maximum absolute atomic E-state index is 13.0. The number of carbonyl (C=O) groups is 1. The lowest BCUT2D eigenvalue weighted by molar-refractivity contribution is 0.0256. The Kier molecular flexibility index (Phi) is 12.8. The van der Waals surface area contributed by atoms with E-state index >= 15 is 0 Å². The second-order valence-corrected chi connectivity index (χ2v) is 11.5. The van der Waals surface area contributed by atoms with Gasteiger partial charge >= 0.3 is 6.09 Å². The Labute approximate surface area is 240 Å². The molecule has 0 fully saturated rings. The highest BCUT2D eigenvalue weighted by atomic mass is 32.2. The summed E-state index contributed by atoms with van der Waals surface area (Å²) in [5, 5.41) is 0. The first-order valence-electron chi connectivity index (χ1n) is 13.6. The van der Waals surface area contributed by atoms with Gasteiger partial charge in [-0.3, -0.25) is 4.90 Å². The summed E-state index contributed by atoms with van der Waals surface area (Å²) < 4.78 is 11.3. The van der Waals surface area contributed by atoms with Gasteiger partial charge in [0, 0.05) is 22.1 Å². The highest BCUT2D eigenvalue weighted by molar-refractivity contribution is 8.08. The maximum Gasteiger partial charge on any atom is 0.414 e. The van der Waals surface area contributed by atoms with Crippen LogP contribution < -0.4 is 0 Å². The molecule has 0 radical (unpaired) electrons. The first-order chi connectivity index (χ1) is 18.5. The summed E-state index contributed by atoms with van der Waals surface area (Å²) in [7, 11) is 0. The fraction of sp³-hybridized carbons (Fsp3) is 0.382. The van der Waals surface area contributed by atoms with Gasteiger partial charge in [-0.25, -0.2) is 4.79 Å². The zero-order valence-corrected chi connectivity index (χ0v) is 25.8. The molecule has 39 heavy (non-hydrogen) atoms. The minimum Gasteiger partial charge on any atom is -0.443 e. The molecule has 0 N–H and O–H groups in total. The number of hydrogen-bond donors (Lipinski definition) is 0. The number of allylic oxidation sites excluding steroid dienone is 5. The summed E-state index contributed by atoms with van der Waals surface area (Å²) in [6.45, 7) is 21.7. The van der Waals surface area contributed by atoms with Gasteiger partial charge < -0.3 is 9.47 Å². The first-order valence-corrected chi connectivity index (χ1v) is 14.4. The third-order valence-corrected chi connectivity index (χ3v) is 7.03. The Morgan fingerprint density at radius 1 is 0.974 bits per heavy atom. The van der Waals surface area contributed by atoms with Crippen molar-refractivity contribution in [2.24, 2.45) is 0 Å². The molecule has 5 heteroatoms. The number of hydrogen-bond acceptors (Lipinski definition) is 4. The van der Waals surface area contributed by atoms with E-state index in [1.165, 1.54) is 16.0 Å². The number of nitrogens with zero attached hydrogens (tertiary/aromatic N) is 1. The number of benzene rings is 2.